The minimum atomic E-state index is -0.620. The van der Waals surface area contributed by atoms with Crippen LogP contribution in [0, 0.1) is 23.6 Å². The Labute approximate surface area is 190 Å². The molecule has 2 fully saturated rings. The maximum Gasteiger partial charge on any atom is 0.343 e. The third-order valence-electron chi connectivity index (χ3n) is 7.46. The Hall–Kier alpha value is -2.62. The summed E-state index contributed by atoms with van der Waals surface area (Å²) in [6.45, 7) is 3.87. The van der Waals surface area contributed by atoms with Crippen LogP contribution in [0.5, 0.6) is 11.5 Å². The van der Waals surface area contributed by atoms with Crippen LogP contribution in [0.3, 0.4) is 0 Å². The number of hydrogen-bond donors (Lipinski definition) is 0. The molecule has 0 spiro atoms. The van der Waals surface area contributed by atoms with Crippen molar-refractivity contribution in [1.82, 2.24) is 0 Å². The lowest BCUT2D eigenvalue weighted by atomic mass is 9.63. The average molecular weight is 437 g/mol. The summed E-state index contributed by atoms with van der Waals surface area (Å²) in [6.07, 6.45) is 12.4. The predicted octanol–water partition coefficient (Wildman–Crippen LogP) is 7.32. The van der Waals surface area contributed by atoms with E-state index in [2.05, 4.69) is 12.7 Å². The first-order chi connectivity index (χ1) is 15.6. The number of hydrogen-bond acceptors (Lipinski definition) is 3. The smallest absolute Gasteiger partial charge is 0.343 e. The third-order valence-corrected chi connectivity index (χ3v) is 7.46. The minimum absolute atomic E-state index is 0.0955. The van der Waals surface area contributed by atoms with Gasteiger partial charge in [0.25, 0.3) is 0 Å². The molecule has 2 aliphatic rings. The Morgan fingerprint density at radius 1 is 1.06 bits per heavy atom. The van der Waals surface area contributed by atoms with Gasteiger partial charge < -0.3 is 9.47 Å². The molecule has 4 rings (SSSR count). The van der Waals surface area contributed by atoms with Crippen molar-refractivity contribution in [3.05, 3.63) is 72.1 Å². The number of esters is 1. The molecule has 3 nitrogen and oxygen atoms in total. The van der Waals surface area contributed by atoms with Crippen molar-refractivity contribution in [3.63, 3.8) is 0 Å². The van der Waals surface area contributed by atoms with Crippen molar-refractivity contribution in [2.24, 2.45) is 17.8 Å². The molecule has 4 unspecified atom stereocenters. The normalized spacial score (nSPS) is 24.9. The van der Waals surface area contributed by atoms with Gasteiger partial charge in [0.2, 0.25) is 0 Å². The molecule has 0 radical (unpaired) electrons. The van der Waals surface area contributed by atoms with Gasteiger partial charge in [0.1, 0.15) is 5.75 Å². The number of methoxy groups -OCH3 is 1. The van der Waals surface area contributed by atoms with E-state index in [1.165, 1.54) is 69.8 Å². The van der Waals surface area contributed by atoms with E-state index in [4.69, 9.17) is 9.47 Å². The summed E-state index contributed by atoms with van der Waals surface area (Å²) in [4.78, 5) is 12.5. The van der Waals surface area contributed by atoms with Crippen molar-refractivity contribution < 1.29 is 18.7 Å². The number of fused-ring (bicyclic) bond motifs is 1. The molecule has 2 aromatic rings. The highest BCUT2D eigenvalue weighted by Crippen LogP contribution is 2.48. The van der Waals surface area contributed by atoms with Crippen molar-refractivity contribution in [2.75, 3.05) is 7.11 Å². The van der Waals surface area contributed by atoms with Gasteiger partial charge in [-0.25, -0.2) is 9.18 Å². The fourth-order valence-corrected chi connectivity index (χ4v) is 5.65. The Morgan fingerprint density at radius 2 is 1.81 bits per heavy atom. The second kappa shape index (κ2) is 10.3. The van der Waals surface area contributed by atoms with Gasteiger partial charge in [-0.05, 0) is 98.4 Å². The van der Waals surface area contributed by atoms with Crippen LogP contribution in [0.1, 0.15) is 73.2 Å². The first kappa shape index (κ1) is 22.6. The van der Waals surface area contributed by atoms with Crippen molar-refractivity contribution in [3.8, 4) is 11.5 Å². The zero-order valence-corrected chi connectivity index (χ0v) is 18.9. The number of halogens is 1. The first-order valence-corrected chi connectivity index (χ1v) is 11.8. The molecule has 0 aromatic heterocycles. The zero-order chi connectivity index (χ0) is 22.5. The maximum atomic E-state index is 14.1. The van der Waals surface area contributed by atoms with Gasteiger partial charge in [-0.2, -0.15) is 0 Å². The summed E-state index contributed by atoms with van der Waals surface area (Å²) in [5.41, 5.74) is 1.73. The summed E-state index contributed by atoms with van der Waals surface area (Å²) in [7, 11) is 1.46. The summed E-state index contributed by atoms with van der Waals surface area (Å²) in [5.74, 6) is 2.26. The van der Waals surface area contributed by atoms with E-state index >= 15 is 0 Å². The van der Waals surface area contributed by atoms with Crippen LogP contribution in [0.2, 0.25) is 0 Å². The Balaban J connectivity index is 1.34. The van der Waals surface area contributed by atoms with Gasteiger partial charge >= 0.3 is 5.97 Å². The molecule has 4 atom stereocenters. The van der Waals surface area contributed by atoms with Gasteiger partial charge in [0.15, 0.2) is 11.6 Å². The maximum absolute atomic E-state index is 14.1. The molecule has 0 amide bonds. The molecule has 0 aliphatic heterocycles. The molecule has 0 N–H and O–H groups in total. The summed E-state index contributed by atoms with van der Waals surface area (Å²) < 4.78 is 24.3. The number of carbonyl (C=O) groups excluding carboxylic acids is 1. The number of carbonyl (C=O) groups is 1. The summed E-state index contributed by atoms with van der Waals surface area (Å²) in [6, 6.07) is 11.9. The lowest BCUT2D eigenvalue weighted by molar-refractivity contribution is 0.0727. The van der Waals surface area contributed by atoms with E-state index in [1.54, 1.807) is 18.2 Å². The molecular formula is C28H33FO3. The topological polar surface area (TPSA) is 35.5 Å². The lowest BCUT2D eigenvalue weighted by Gasteiger charge is -2.42. The Kier molecular flexibility index (Phi) is 7.29. The second-order valence-electron chi connectivity index (χ2n) is 9.38. The van der Waals surface area contributed by atoms with Crippen molar-refractivity contribution in [1.29, 1.82) is 0 Å². The fraction of sp³-hybridized carbons (Fsp3) is 0.464. The zero-order valence-electron chi connectivity index (χ0n) is 18.9. The summed E-state index contributed by atoms with van der Waals surface area (Å²) >= 11 is 0. The molecule has 0 heterocycles. The van der Waals surface area contributed by atoms with Crippen LogP contribution < -0.4 is 9.47 Å². The first-order valence-electron chi connectivity index (χ1n) is 11.8. The van der Waals surface area contributed by atoms with E-state index in [1.807, 2.05) is 12.1 Å². The SMILES string of the molecule is C=CCCC1CCC2CC(c3ccc(C(=O)Oc4ccc(OC)cc4F)cc3)CCC2C1. The number of benzene rings is 2. The highest BCUT2D eigenvalue weighted by Gasteiger charge is 2.35. The lowest BCUT2D eigenvalue weighted by Crippen LogP contribution is -2.30. The number of rotatable bonds is 7. The van der Waals surface area contributed by atoms with Gasteiger partial charge in [-0.1, -0.05) is 24.6 Å². The van der Waals surface area contributed by atoms with Crippen LogP contribution in [0.4, 0.5) is 4.39 Å². The van der Waals surface area contributed by atoms with Crippen LogP contribution in [0.15, 0.2) is 55.1 Å². The molecule has 2 saturated carbocycles. The molecule has 2 aliphatic carbocycles. The highest BCUT2D eigenvalue weighted by atomic mass is 19.1. The average Bonchev–Trinajstić information content (AvgIpc) is 2.83. The van der Waals surface area contributed by atoms with E-state index in [0.29, 0.717) is 17.2 Å². The molecule has 0 bridgehead atoms. The number of ether oxygens (including phenoxy) is 2. The van der Waals surface area contributed by atoms with E-state index in [0.717, 1.165) is 24.2 Å². The largest absolute Gasteiger partial charge is 0.497 e. The second-order valence-corrected chi connectivity index (χ2v) is 9.38. The molecule has 2 aromatic carbocycles. The van der Waals surface area contributed by atoms with Crippen LogP contribution in [0.25, 0.3) is 0 Å². The van der Waals surface area contributed by atoms with E-state index < -0.39 is 11.8 Å². The van der Waals surface area contributed by atoms with Crippen molar-refractivity contribution >= 4 is 5.97 Å². The van der Waals surface area contributed by atoms with E-state index in [-0.39, 0.29) is 5.75 Å². The van der Waals surface area contributed by atoms with Crippen LogP contribution in [-0.2, 0) is 0 Å². The monoisotopic (exact) mass is 436 g/mol. The van der Waals surface area contributed by atoms with Crippen LogP contribution >= 0.6 is 0 Å². The minimum Gasteiger partial charge on any atom is -0.497 e. The van der Waals surface area contributed by atoms with Gasteiger partial charge in [-0.3, -0.25) is 0 Å². The Bertz CT molecular complexity index is 936. The third kappa shape index (κ3) is 5.23. The summed E-state index contributed by atoms with van der Waals surface area (Å²) in [5, 5.41) is 0. The Morgan fingerprint density at radius 3 is 2.53 bits per heavy atom. The van der Waals surface area contributed by atoms with E-state index in [9.17, 15) is 9.18 Å². The van der Waals surface area contributed by atoms with Crippen LogP contribution in [-0.4, -0.2) is 13.1 Å². The molecule has 170 valence electrons. The molecule has 32 heavy (non-hydrogen) atoms. The molecule has 4 heteroatoms. The highest BCUT2D eigenvalue weighted by molar-refractivity contribution is 5.91. The van der Waals surface area contributed by atoms with Gasteiger partial charge in [-0.15, -0.1) is 6.58 Å². The molecular weight excluding hydrogens is 403 g/mol. The standard InChI is InChI=1S/C28H33FO3/c1-3-4-5-19-6-7-24-17-23(13-12-22(24)16-19)20-8-10-21(11-9-20)28(30)32-27-15-14-25(31-2)18-26(27)29/h3,8-11,14-15,18-19,22-24H,1,4-7,12-13,16-17H2,2H3. The van der Waals surface area contributed by atoms with Crippen molar-refractivity contribution in [2.45, 2.75) is 57.3 Å². The fourth-order valence-electron chi connectivity index (χ4n) is 5.65. The predicted molar refractivity (Wildman–Crippen MR) is 125 cm³/mol. The quantitative estimate of drug-likeness (QED) is 0.259. The van der Waals surface area contributed by atoms with Gasteiger partial charge in [0.05, 0.1) is 12.7 Å². The van der Waals surface area contributed by atoms with Gasteiger partial charge in [0, 0.05) is 6.07 Å². The number of allylic oxidation sites excluding steroid dienone is 1. The molecule has 0 saturated heterocycles.